The number of rotatable bonds is 11. The molecule has 26 atom stereocenters. The summed E-state index contributed by atoms with van der Waals surface area (Å²) in [6, 6.07) is 0. The molecule has 0 aromatic heterocycles. The topological polar surface area (TPSA) is 354 Å². The van der Waals surface area contributed by atoms with Crippen molar-refractivity contribution in [2.24, 2.45) is 28.1 Å². The summed E-state index contributed by atoms with van der Waals surface area (Å²) in [6.45, 7) is 7.77. The first-order chi connectivity index (χ1) is 31.1. The Morgan fingerprint density at radius 2 is 1.12 bits per heavy atom. The molecule has 66 heavy (non-hydrogen) atoms. The van der Waals surface area contributed by atoms with Gasteiger partial charge in [-0.1, -0.05) is 19.9 Å². The third-order valence-electron chi connectivity index (χ3n) is 17.0. The van der Waals surface area contributed by atoms with Crippen molar-refractivity contribution >= 4 is 5.97 Å². The van der Waals surface area contributed by atoms with Crippen LogP contribution in [0.15, 0.2) is 12.2 Å². The highest BCUT2D eigenvalue weighted by Crippen LogP contribution is 2.73. The van der Waals surface area contributed by atoms with Crippen LogP contribution in [0, 0.1) is 28.1 Å². The lowest BCUT2D eigenvalue weighted by atomic mass is 9.41. The molecule has 8 rings (SSSR count). The van der Waals surface area contributed by atoms with Crippen LogP contribution in [-0.4, -0.2) is 221 Å². The third-order valence-corrected chi connectivity index (χ3v) is 17.0. The van der Waals surface area contributed by atoms with Gasteiger partial charge in [-0.3, -0.25) is 4.79 Å². The number of carbonyl (C=O) groups is 1. The molecule has 22 heteroatoms. The summed E-state index contributed by atoms with van der Waals surface area (Å²) in [5.41, 5.74) is -2.19. The van der Waals surface area contributed by atoms with E-state index in [1.54, 1.807) is 0 Å². The van der Waals surface area contributed by atoms with Crippen molar-refractivity contribution in [3.8, 4) is 0 Å². The Kier molecular flexibility index (Phi) is 14.5. The van der Waals surface area contributed by atoms with Gasteiger partial charge < -0.3 is 104 Å². The monoisotopic (exact) mass is 950 g/mol. The smallest absolute Gasteiger partial charge is 0.314 e. The maximum absolute atomic E-state index is 14.3. The van der Waals surface area contributed by atoms with Crippen molar-refractivity contribution in [1.29, 1.82) is 0 Å². The Morgan fingerprint density at radius 1 is 0.606 bits per heavy atom. The van der Waals surface area contributed by atoms with Gasteiger partial charge in [0.2, 0.25) is 6.29 Å². The number of ether oxygens (including phenoxy) is 8. The van der Waals surface area contributed by atoms with Crippen LogP contribution in [0.1, 0.15) is 78.6 Å². The SMILES string of the molecule is C=C1C[C@]23CC[C@H]4C(C)(C(=O)O[C@@H]5O[C@H](CO)[C@@H](O)[C@H](O)[C@H]5O)CCC[C@]4(C)[C@H]2CC[C@]1(O[C@@H]1O[C@H](CO)[C@@H](O)[C@H](O[C@@H]2O[C@H](CO)[C@@H](O)[C@H](O)[C@H]2O)[C@H]1O[C@@H]1O[C@@H](C)[C@H](O)[C@@H](O)[C@H]1O)C3. The molecule has 8 aliphatic rings. The van der Waals surface area contributed by atoms with Crippen LogP contribution in [-0.2, 0) is 42.7 Å². The van der Waals surface area contributed by atoms with Crippen molar-refractivity contribution in [3.63, 3.8) is 0 Å². The summed E-state index contributed by atoms with van der Waals surface area (Å²) >= 11 is 0. The van der Waals surface area contributed by atoms with Gasteiger partial charge in [-0.25, -0.2) is 0 Å². The summed E-state index contributed by atoms with van der Waals surface area (Å²) in [5.74, 6) is -0.750. The molecule has 0 aromatic carbocycles. The quantitative estimate of drug-likeness (QED) is 0.0532. The lowest BCUT2D eigenvalue weighted by Crippen LogP contribution is -2.67. The minimum absolute atomic E-state index is 0.0493. The molecule has 0 amide bonds. The van der Waals surface area contributed by atoms with Crippen molar-refractivity contribution < 1.29 is 109 Å². The van der Waals surface area contributed by atoms with E-state index in [1.807, 2.05) is 6.92 Å². The summed E-state index contributed by atoms with van der Waals surface area (Å²) in [5, 5.41) is 137. The predicted octanol–water partition coefficient (Wildman–Crippen LogP) is -4.09. The van der Waals surface area contributed by atoms with Crippen molar-refractivity contribution in [2.75, 3.05) is 19.8 Å². The molecule has 8 fully saturated rings. The lowest BCUT2D eigenvalue weighted by molar-refractivity contribution is -0.398. The summed E-state index contributed by atoms with van der Waals surface area (Å²) in [6.07, 6.45) is -27.4. The van der Waals surface area contributed by atoms with Gasteiger partial charge in [0.25, 0.3) is 0 Å². The molecule has 4 aliphatic heterocycles. The largest absolute Gasteiger partial charge is 0.432 e. The van der Waals surface area contributed by atoms with Gasteiger partial charge >= 0.3 is 5.97 Å². The number of aliphatic hydroxyl groups is 13. The van der Waals surface area contributed by atoms with Crippen LogP contribution in [0.5, 0.6) is 0 Å². The Morgan fingerprint density at radius 3 is 1.74 bits per heavy atom. The number of aliphatic hydroxyl groups excluding tert-OH is 13. The van der Waals surface area contributed by atoms with Crippen LogP contribution in [0.2, 0.25) is 0 Å². The van der Waals surface area contributed by atoms with Crippen LogP contribution in [0.3, 0.4) is 0 Å². The average molecular weight is 951 g/mol. The third kappa shape index (κ3) is 8.30. The first kappa shape index (κ1) is 50.8. The summed E-state index contributed by atoms with van der Waals surface area (Å²) in [7, 11) is 0. The predicted molar refractivity (Wildman–Crippen MR) is 218 cm³/mol. The molecule has 22 nitrogen and oxygen atoms in total. The highest BCUT2D eigenvalue weighted by Gasteiger charge is 2.70. The molecule has 4 heterocycles. The fourth-order valence-corrected chi connectivity index (χ4v) is 13.4. The van der Waals surface area contributed by atoms with E-state index in [-0.39, 0.29) is 17.3 Å². The maximum atomic E-state index is 14.3. The zero-order valence-corrected chi connectivity index (χ0v) is 37.4. The standard InChI is InChI=1S/C44H70O22/c1-17-12-43-10-6-22-41(3,8-5-9-42(22,4)40(58)65-38-33(57)30(54)26(50)20(14-46)61-38)23(43)7-11-44(17,16-43)66-39-35(64-36-31(55)28(52)24(48)18(2)59-36)34(27(51)21(15-47)62-39)63-37-32(56)29(53)25(49)19(13-45)60-37/h18-39,45-57H,1,5-16H2,2-4H3/t18-,19+,20+,21+,22+,23+,24-,25+,26+,27+,28+,29-,30-,31+,32+,33+,34-,35+,36-,37-,38-,39-,41-,42?,43-,44-/m0/s1. The molecule has 1 unspecified atom stereocenters. The van der Waals surface area contributed by atoms with Crippen LogP contribution >= 0.6 is 0 Å². The molecule has 0 radical (unpaired) electrons. The molecule has 378 valence electrons. The minimum Gasteiger partial charge on any atom is -0.432 e. The van der Waals surface area contributed by atoms with Crippen LogP contribution in [0.25, 0.3) is 0 Å². The summed E-state index contributed by atoms with van der Waals surface area (Å²) in [4.78, 5) is 14.3. The number of hydrogen-bond acceptors (Lipinski definition) is 22. The Hall–Kier alpha value is -1.59. The Bertz CT molecular complexity index is 1740. The second kappa shape index (κ2) is 18.9. The zero-order valence-electron chi connectivity index (χ0n) is 37.4. The second-order valence-corrected chi connectivity index (χ2v) is 20.8. The van der Waals surface area contributed by atoms with Crippen LogP contribution < -0.4 is 0 Å². The van der Waals surface area contributed by atoms with E-state index < -0.39 is 165 Å². The Balaban J connectivity index is 1.06. The average Bonchev–Trinajstić information content (AvgIpc) is 3.48. The van der Waals surface area contributed by atoms with E-state index in [1.165, 1.54) is 6.92 Å². The Labute approximate surface area is 381 Å². The highest BCUT2D eigenvalue weighted by atomic mass is 16.8. The van der Waals surface area contributed by atoms with E-state index in [4.69, 9.17) is 37.9 Å². The van der Waals surface area contributed by atoms with E-state index in [2.05, 4.69) is 13.5 Å². The van der Waals surface area contributed by atoms with Gasteiger partial charge in [-0.2, -0.15) is 0 Å². The minimum atomic E-state index is -1.92. The molecule has 0 aromatic rings. The van der Waals surface area contributed by atoms with Gasteiger partial charge in [0, 0.05) is 0 Å². The normalized spacial score (nSPS) is 55.2. The van der Waals surface area contributed by atoms with Gasteiger partial charge in [0.15, 0.2) is 18.9 Å². The maximum Gasteiger partial charge on any atom is 0.314 e. The van der Waals surface area contributed by atoms with E-state index in [0.717, 1.165) is 12.0 Å². The van der Waals surface area contributed by atoms with Crippen LogP contribution in [0.4, 0.5) is 0 Å². The molecule has 13 N–H and O–H groups in total. The van der Waals surface area contributed by atoms with Gasteiger partial charge in [0.1, 0.15) is 91.6 Å². The highest BCUT2D eigenvalue weighted by molar-refractivity contribution is 5.77. The second-order valence-electron chi connectivity index (χ2n) is 20.8. The molecular weight excluding hydrogens is 880 g/mol. The molecule has 4 aliphatic carbocycles. The molecule has 1 spiro atoms. The van der Waals surface area contributed by atoms with Gasteiger partial charge in [-0.05, 0) is 93.5 Å². The lowest BCUT2D eigenvalue weighted by Gasteiger charge is -2.64. The number of esters is 1. The van der Waals surface area contributed by atoms with E-state index >= 15 is 0 Å². The zero-order chi connectivity index (χ0) is 48.0. The number of hydrogen-bond donors (Lipinski definition) is 13. The van der Waals surface area contributed by atoms with Gasteiger partial charge in [0.05, 0.1) is 36.9 Å². The van der Waals surface area contributed by atoms with Crippen molar-refractivity contribution in [2.45, 2.75) is 207 Å². The molecule has 4 saturated heterocycles. The first-order valence-corrected chi connectivity index (χ1v) is 23.2. The fraction of sp³-hybridized carbons (Fsp3) is 0.932. The van der Waals surface area contributed by atoms with Crippen molar-refractivity contribution in [3.05, 3.63) is 12.2 Å². The van der Waals surface area contributed by atoms with Gasteiger partial charge in [-0.15, -0.1) is 0 Å². The van der Waals surface area contributed by atoms with E-state index in [9.17, 15) is 71.2 Å². The number of fused-ring (bicyclic) bond motifs is 3. The summed E-state index contributed by atoms with van der Waals surface area (Å²) < 4.78 is 48.4. The first-order valence-electron chi connectivity index (χ1n) is 23.2. The molecule has 2 bridgehead atoms. The number of carbonyl (C=O) groups excluding carboxylic acids is 1. The van der Waals surface area contributed by atoms with E-state index in [0.29, 0.717) is 51.4 Å². The fourth-order valence-electron chi connectivity index (χ4n) is 13.4. The molecular formula is C44H70O22. The molecule has 4 saturated carbocycles. The van der Waals surface area contributed by atoms with Crippen molar-refractivity contribution in [1.82, 2.24) is 0 Å².